The van der Waals surface area contributed by atoms with Gasteiger partial charge in [0.05, 0.1) is 17.1 Å². The number of rotatable bonds is 1. The molecule has 0 radical (unpaired) electrons. The van der Waals surface area contributed by atoms with Crippen LogP contribution in [0.2, 0.25) is 0 Å². The summed E-state index contributed by atoms with van der Waals surface area (Å²) in [6.45, 7) is 0. The summed E-state index contributed by atoms with van der Waals surface area (Å²) >= 11 is 0. The lowest BCUT2D eigenvalue weighted by Gasteiger charge is -2.51. The van der Waals surface area contributed by atoms with Crippen LogP contribution in [-0.2, 0) is 0 Å². The van der Waals surface area contributed by atoms with E-state index in [1.165, 1.54) is 20.7 Å². The lowest BCUT2D eigenvalue weighted by Crippen LogP contribution is -2.79. The van der Waals surface area contributed by atoms with Gasteiger partial charge in [0.2, 0.25) is 8.07 Å². The summed E-state index contributed by atoms with van der Waals surface area (Å²) in [4.78, 5) is 2.39. The van der Waals surface area contributed by atoms with Gasteiger partial charge in [0.25, 0.3) is 0 Å². The number of hydrogen-bond acceptors (Lipinski definition) is 4. The van der Waals surface area contributed by atoms with Crippen molar-refractivity contribution in [3.8, 4) is 34.5 Å². The molecule has 0 saturated carbocycles. The molecule has 6 aromatic carbocycles. The van der Waals surface area contributed by atoms with Gasteiger partial charge in [-0.3, -0.25) is 0 Å². The lowest BCUT2D eigenvalue weighted by molar-refractivity contribution is 0.458. The molecule has 4 nitrogen and oxygen atoms in total. The fraction of sp³-hybridized carbons (Fsp3) is 0. The summed E-state index contributed by atoms with van der Waals surface area (Å²) < 4.78 is 20.3. The predicted molar refractivity (Wildman–Crippen MR) is 156 cm³/mol. The Labute approximate surface area is 225 Å². The Morgan fingerprint density at radius 2 is 1.18 bits per heavy atom. The van der Waals surface area contributed by atoms with Gasteiger partial charge in [-0.2, -0.15) is 0 Å². The van der Waals surface area contributed by atoms with Crippen LogP contribution in [0.15, 0.2) is 115 Å². The van der Waals surface area contributed by atoms with E-state index >= 15 is 0 Å². The van der Waals surface area contributed by atoms with Crippen LogP contribution in [0, 0.1) is 0 Å². The van der Waals surface area contributed by atoms with Gasteiger partial charge in [-0.05, 0) is 53.0 Å². The number of nitrogens with zero attached hydrogens (tertiary/aromatic N) is 1. The van der Waals surface area contributed by atoms with Crippen molar-refractivity contribution >= 4 is 56.7 Å². The maximum atomic E-state index is 6.94. The van der Waals surface area contributed by atoms with E-state index in [1.807, 2.05) is 18.2 Å². The first-order valence-electron chi connectivity index (χ1n) is 13.2. The van der Waals surface area contributed by atoms with Crippen LogP contribution in [0.1, 0.15) is 0 Å². The Morgan fingerprint density at radius 1 is 0.487 bits per heavy atom. The van der Waals surface area contributed by atoms with Gasteiger partial charge in [-0.1, -0.05) is 72.8 Å². The summed E-state index contributed by atoms with van der Waals surface area (Å²) in [7, 11) is -2.89. The van der Waals surface area contributed by atoms with Crippen LogP contribution in [0.5, 0.6) is 34.5 Å². The minimum Gasteiger partial charge on any atom is -0.457 e. The first-order chi connectivity index (χ1) is 19.3. The summed E-state index contributed by atoms with van der Waals surface area (Å²) in [5.41, 5.74) is 3.26. The van der Waals surface area contributed by atoms with Crippen molar-refractivity contribution in [2.45, 2.75) is 0 Å². The molecule has 0 saturated heterocycles. The van der Waals surface area contributed by atoms with E-state index in [0.29, 0.717) is 0 Å². The van der Waals surface area contributed by atoms with Crippen LogP contribution < -0.4 is 39.9 Å². The molecular formula is C34H19NO3Si. The van der Waals surface area contributed by atoms with E-state index in [1.54, 1.807) is 0 Å². The van der Waals surface area contributed by atoms with Crippen molar-refractivity contribution in [2.75, 3.05) is 4.90 Å². The number of para-hydroxylation sites is 2. The Hall–Kier alpha value is -5.00. The summed E-state index contributed by atoms with van der Waals surface area (Å²) in [5, 5.41) is 7.28. The third kappa shape index (κ3) is 2.20. The zero-order chi connectivity index (χ0) is 25.3. The van der Waals surface area contributed by atoms with Gasteiger partial charge >= 0.3 is 0 Å². The molecule has 4 aliphatic rings. The smallest absolute Gasteiger partial charge is 0.203 e. The normalized spacial score (nSPS) is 17.9. The molecule has 182 valence electrons. The fourth-order valence-electron chi connectivity index (χ4n) is 7.24. The monoisotopic (exact) mass is 517 g/mol. The average Bonchev–Trinajstić information content (AvgIpc) is 2.99. The second-order valence-electron chi connectivity index (χ2n) is 10.5. The number of benzene rings is 6. The Kier molecular flexibility index (Phi) is 3.44. The van der Waals surface area contributed by atoms with Crippen LogP contribution in [0.4, 0.5) is 17.1 Å². The molecule has 39 heavy (non-hydrogen) atoms. The molecule has 4 aliphatic heterocycles. The fourth-order valence-corrected chi connectivity index (χ4v) is 12.7. The van der Waals surface area contributed by atoms with E-state index in [0.717, 1.165) is 62.3 Å². The Bertz CT molecular complexity index is 2070. The van der Waals surface area contributed by atoms with E-state index in [4.69, 9.17) is 14.2 Å². The molecule has 0 spiro atoms. The van der Waals surface area contributed by atoms with Crippen LogP contribution >= 0.6 is 0 Å². The van der Waals surface area contributed by atoms with Crippen LogP contribution in [0.3, 0.4) is 0 Å². The van der Waals surface area contributed by atoms with Gasteiger partial charge in [0.1, 0.15) is 23.0 Å². The van der Waals surface area contributed by atoms with Crippen LogP contribution in [-0.4, -0.2) is 8.07 Å². The average molecular weight is 518 g/mol. The van der Waals surface area contributed by atoms with Gasteiger partial charge in [-0.15, -0.1) is 0 Å². The third-order valence-corrected chi connectivity index (χ3v) is 13.5. The van der Waals surface area contributed by atoms with Crippen molar-refractivity contribution in [2.24, 2.45) is 0 Å². The third-order valence-electron chi connectivity index (χ3n) is 8.63. The second kappa shape index (κ2) is 6.70. The lowest BCUT2D eigenvalue weighted by atomic mass is 10.0. The molecule has 10 rings (SSSR count). The molecule has 0 aliphatic carbocycles. The maximum absolute atomic E-state index is 6.94. The minimum atomic E-state index is -2.89. The molecule has 4 heterocycles. The number of ether oxygens (including phenoxy) is 3. The van der Waals surface area contributed by atoms with Crippen molar-refractivity contribution in [1.29, 1.82) is 0 Å². The molecule has 1 atom stereocenters. The van der Waals surface area contributed by atoms with Crippen molar-refractivity contribution in [3.05, 3.63) is 115 Å². The van der Waals surface area contributed by atoms with Gasteiger partial charge in [-0.25, -0.2) is 0 Å². The van der Waals surface area contributed by atoms with E-state index in [-0.39, 0.29) is 0 Å². The van der Waals surface area contributed by atoms with Gasteiger partial charge in [0, 0.05) is 20.9 Å². The van der Waals surface area contributed by atoms with Crippen molar-refractivity contribution in [3.63, 3.8) is 0 Å². The van der Waals surface area contributed by atoms with Crippen LogP contribution in [0.25, 0.3) is 10.8 Å². The molecular weight excluding hydrogens is 498 g/mol. The highest BCUT2D eigenvalue weighted by Crippen LogP contribution is 2.57. The summed E-state index contributed by atoms with van der Waals surface area (Å²) in [6.07, 6.45) is 0. The zero-order valence-electron chi connectivity index (χ0n) is 20.6. The van der Waals surface area contributed by atoms with E-state index in [2.05, 4.69) is 102 Å². The molecule has 0 N–H and O–H groups in total. The quantitative estimate of drug-likeness (QED) is 0.239. The molecule has 0 amide bonds. The Morgan fingerprint density at radius 3 is 2.10 bits per heavy atom. The second-order valence-corrected chi connectivity index (χ2v) is 14.0. The van der Waals surface area contributed by atoms with E-state index in [9.17, 15) is 0 Å². The maximum Gasteiger partial charge on any atom is 0.203 e. The standard InChI is InChI=1S/C34H19NO3Si/c1-2-10-21(11-3-1)39-32-24-19-20-9-4-5-12-22(20)31(32)38-28-16-8-15-27(33(28)39)37-29-18-17-26-30(34(29)39)35(24)23-13-6-7-14-25(23)36-26/h1-19H. The number of anilines is 3. The largest absolute Gasteiger partial charge is 0.457 e. The molecule has 0 fully saturated rings. The number of fused-ring (bicyclic) bond motifs is 5. The van der Waals surface area contributed by atoms with Gasteiger partial charge in [0.15, 0.2) is 11.5 Å². The summed E-state index contributed by atoms with van der Waals surface area (Å²) in [5.74, 6) is 5.31. The highest BCUT2D eigenvalue weighted by Gasteiger charge is 2.60. The zero-order valence-corrected chi connectivity index (χ0v) is 21.6. The predicted octanol–water partition coefficient (Wildman–Crippen LogP) is 6.32. The van der Waals surface area contributed by atoms with Crippen molar-refractivity contribution in [1.82, 2.24) is 0 Å². The molecule has 5 heteroatoms. The highest BCUT2D eigenvalue weighted by molar-refractivity contribution is 7.23. The molecule has 0 aromatic heterocycles. The van der Waals surface area contributed by atoms with Crippen molar-refractivity contribution < 1.29 is 14.2 Å². The topological polar surface area (TPSA) is 30.9 Å². The molecule has 0 bridgehead atoms. The Balaban J connectivity index is 1.50. The van der Waals surface area contributed by atoms with E-state index < -0.39 is 8.07 Å². The first kappa shape index (κ1) is 20.0. The first-order valence-corrected chi connectivity index (χ1v) is 15.2. The van der Waals surface area contributed by atoms with Gasteiger partial charge < -0.3 is 19.1 Å². The number of hydrogen-bond donors (Lipinski definition) is 0. The molecule has 1 unspecified atom stereocenters. The minimum absolute atomic E-state index is 0.843. The SMILES string of the molecule is c1ccc([Si]23c4c5cccc4Oc4c2c(cc2ccccc42)N2c4ccccc4Oc4ccc(c3c42)O5)cc1. The highest BCUT2D eigenvalue weighted by atomic mass is 28.3. The molecule has 6 aromatic rings. The summed E-state index contributed by atoms with van der Waals surface area (Å²) in [6, 6.07) is 40.6.